The Morgan fingerprint density at radius 1 is 1.03 bits per heavy atom. The van der Waals surface area contributed by atoms with Crippen LogP contribution in [-0.2, 0) is 16.1 Å². The number of nitrogens with zero attached hydrogens (tertiary/aromatic N) is 2. The van der Waals surface area contributed by atoms with Crippen molar-refractivity contribution < 1.29 is 23.1 Å². The SMILES string of the molecule is COc1ccc(CN2C(=O)C(C#N)=C(C)/C(=C\c3ccc(-c4ccc(F)cc4)o3)C2=O)cc1. The van der Waals surface area contributed by atoms with Crippen LogP contribution in [0.4, 0.5) is 4.39 Å². The standard InChI is InChI=1S/C26H19FN2O4/c1-16-22(13-21-11-12-24(33-21)18-5-7-19(27)8-6-18)25(30)29(26(31)23(16)14-28)15-17-3-9-20(32-2)10-4-17/h3-13H,15H2,1-2H3/b22-13+. The van der Waals surface area contributed by atoms with E-state index < -0.39 is 11.8 Å². The Balaban J connectivity index is 1.68. The molecule has 2 heterocycles. The quantitative estimate of drug-likeness (QED) is 0.415. The van der Waals surface area contributed by atoms with Gasteiger partial charge in [-0.15, -0.1) is 0 Å². The van der Waals surface area contributed by atoms with E-state index in [4.69, 9.17) is 9.15 Å². The van der Waals surface area contributed by atoms with Crippen LogP contribution in [0.3, 0.4) is 0 Å². The Morgan fingerprint density at radius 3 is 2.36 bits per heavy atom. The van der Waals surface area contributed by atoms with Gasteiger partial charge in [0.1, 0.15) is 34.7 Å². The molecule has 2 aromatic carbocycles. The maximum Gasteiger partial charge on any atom is 0.271 e. The highest BCUT2D eigenvalue weighted by Crippen LogP contribution is 2.30. The van der Waals surface area contributed by atoms with E-state index in [1.165, 1.54) is 18.2 Å². The zero-order chi connectivity index (χ0) is 23.5. The lowest BCUT2D eigenvalue weighted by molar-refractivity contribution is -0.141. The summed E-state index contributed by atoms with van der Waals surface area (Å²) in [5, 5.41) is 9.56. The van der Waals surface area contributed by atoms with Gasteiger partial charge in [0.25, 0.3) is 11.8 Å². The van der Waals surface area contributed by atoms with E-state index in [9.17, 15) is 19.2 Å². The molecule has 0 N–H and O–H groups in total. The monoisotopic (exact) mass is 442 g/mol. The van der Waals surface area contributed by atoms with Crippen molar-refractivity contribution in [1.29, 1.82) is 5.26 Å². The van der Waals surface area contributed by atoms with Crippen molar-refractivity contribution in [3.63, 3.8) is 0 Å². The molecule has 1 aliphatic heterocycles. The van der Waals surface area contributed by atoms with Gasteiger partial charge in [0.15, 0.2) is 0 Å². The smallest absolute Gasteiger partial charge is 0.271 e. The molecule has 164 valence electrons. The number of methoxy groups -OCH3 is 1. The maximum absolute atomic E-state index is 13.2. The van der Waals surface area contributed by atoms with Gasteiger partial charge >= 0.3 is 0 Å². The Kier molecular flexibility index (Phi) is 5.92. The lowest BCUT2D eigenvalue weighted by atomic mass is 9.94. The number of rotatable bonds is 5. The second kappa shape index (κ2) is 8.97. The summed E-state index contributed by atoms with van der Waals surface area (Å²) in [7, 11) is 1.55. The summed E-state index contributed by atoms with van der Waals surface area (Å²) in [4.78, 5) is 27.1. The number of amides is 2. The number of benzene rings is 2. The summed E-state index contributed by atoms with van der Waals surface area (Å²) in [6.07, 6.45) is 1.51. The molecule has 3 aromatic rings. The van der Waals surface area contributed by atoms with E-state index in [1.54, 1.807) is 62.6 Å². The van der Waals surface area contributed by atoms with Crippen molar-refractivity contribution in [3.05, 3.63) is 94.5 Å². The molecule has 0 radical (unpaired) electrons. The topological polar surface area (TPSA) is 83.5 Å². The maximum atomic E-state index is 13.2. The fraction of sp³-hybridized carbons (Fsp3) is 0.115. The summed E-state index contributed by atoms with van der Waals surface area (Å²) in [6.45, 7) is 1.57. The first-order valence-corrected chi connectivity index (χ1v) is 10.1. The van der Waals surface area contributed by atoms with E-state index in [2.05, 4.69) is 0 Å². The number of hydrogen-bond acceptors (Lipinski definition) is 5. The normalized spacial score (nSPS) is 15.2. The molecule has 2 amide bonds. The molecular formula is C26H19FN2O4. The molecule has 0 atom stereocenters. The molecule has 1 aromatic heterocycles. The fourth-order valence-electron chi connectivity index (χ4n) is 3.53. The molecule has 0 saturated carbocycles. The predicted octanol–water partition coefficient (Wildman–Crippen LogP) is 4.89. The average molecular weight is 442 g/mol. The van der Waals surface area contributed by atoms with Gasteiger partial charge in [0.05, 0.1) is 13.7 Å². The van der Waals surface area contributed by atoms with Crippen molar-refractivity contribution in [2.75, 3.05) is 7.11 Å². The summed E-state index contributed by atoms with van der Waals surface area (Å²) < 4.78 is 24.1. The van der Waals surface area contributed by atoms with Crippen molar-refractivity contribution in [2.24, 2.45) is 0 Å². The van der Waals surface area contributed by atoms with Crippen LogP contribution in [0, 0.1) is 17.1 Å². The van der Waals surface area contributed by atoms with Gasteiger partial charge in [-0.2, -0.15) is 5.26 Å². The van der Waals surface area contributed by atoms with Crippen LogP contribution >= 0.6 is 0 Å². The number of ether oxygens (including phenoxy) is 1. The molecule has 33 heavy (non-hydrogen) atoms. The van der Waals surface area contributed by atoms with E-state index >= 15 is 0 Å². The van der Waals surface area contributed by atoms with Crippen molar-refractivity contribution in [2.45, 2.75) is 13.5 Å². The minimum Gasteiger partial charge on any atom is -0.497 e. The first-order chi connectivity index (χ1) is 15.9. The third kappa shape index (κ3) is 4.32. The second-order valence-corrected chi connectivity index (χ2v) is 7.42. The fourth-order valence-corrected chi connectivity index (χ4v) is 3.53. The van der Waals surface area contributed by atoms with Gasteiger partial charge in [-0.3, -0.25) is 14.5 Å². The highest BCUT2D eigenvalue weighted by Gasteiger charge is 2.35. The predicted molar refractivity (Wildman–Crippen MR) is 119 cm³/mol. The summed E-state index contributed by atoms with van der Waals surface area (Å²) in [6, 6.07) is 18.1. The first kappa shape index (κ1) is 21.8. The van der Waals surface area contributed by atoms with Crippen molar-refractivity contribution >= 4 is 17.9 Å². The molecule has 6 nitrogen and oxygen atoms in total. The lowest BCUT2D eigenvalue weighted by Crippen LogP contribution is -2.42. The number of carbonyl (C=O) groups is 2. The largest absolute Gasteiger partial charge is 0.497 e. The van der Waals surface area contributed by atoms with Crippen LogP contribution in [0.25, 0.3) is 17.4 Å². The second-order valence-electron chi connectivity index (χ2n) is 7.42. The van der Waals surface area contributed by atoms with Crippen LogP contribution in [0.15, 0.2) is 81.8 Å². The third-order valence-electron chi connectivity index (χ3n) is 5.37. The minimum atomic E-state index is -0.639. The molecule has 0 bridgehead atoms. The number of carbonyl (C=O) groups excluding carboxylic acids is 2. The molecule has 0 saturated heterocycles. The molecule has 7 heteroatoms. The number of imide groups is 1. The van der Waals surface area contributed by atoms with E-state index in [-0.39, 0.29) is 23.5 Å². The van der Waals surface area contributed by atoms with Gasteiger partial charge in [-0.05, 0) is 72.7 Å². The van der Waals surface area contributed by atoms with Gasteiger partial charge in [0, 0.05) is 11.1 Å². The molecule has 4 rings (SSSR count). The molecule has 0 fully saturated rings. The zero-order valence-corrected chi connectivity index (χ0v) is 18.0. The summed E-state index contributed by atoms with van der Waals surface area (Å²) >= 11 is 0. The summed E-state index contributed by atoms with van der Waals surface area (Å²) in [5.74, 6) is 0.00339. The average Bonchev–Trinajstić information content (AvgIpc) is 3.29. The van der Waals surface area contributed by atoms with Gasteiger partial charge < -0.3 is 9.15 Å². The van der Waals surface area contributed by atoms with Crippen LogP contribution in [0.2, 0.25) is 0 Å². The molecule has 0 unspecified atom stereocenters. The zero-order valence-electron chi connectivity index (χ0n) is 18.0. The van der Waals surface area contributed by atoms with Crippen LogP contribution < -0.4 is 4.74 Å². The van der Waals surface area contributed by atoms with Crippen LogP contribution in [-0.4, -0.2) is 23.8 Å². The van der Waals surface area contributed by atoms with Crippen LogP contribution in [0.1, 0.15) is 18.2 Å². The van der Waals surface area contributed by atoms with Crippen molar-refractivity contribution in [1.82, 2.24) is 4.90 Å². The van der Waals surface area contributed by atoms with Crippen LogP contribution in [0.5, 0.6) is 5.75 Å². The molecule has 1 aliphatic rings. The third-order valence-corrected chi connectivity index (χ3v) is 5.37. The number of hydrogen-bond donors (Lipinski definition) is 0. The Hall–Kier alpha value is -4.44. The van der Waals surface area contributed by atoms with E-state index in [1.807, 2.05) is 6.07 Å². The molecule has 0 aliphatic carbocycles. The Morgan fingerprint density at radius 2 is 1.73 bits per heavy atom. The first-order valence-electron chi connectivity index (χ1n) is 10.1. The Labute approximate surface area is 189 Å². The molecule has 0 spiro atoms. The van der Waals surface area contributed by atoms with E-state index in [0.717, 1.165) is 4.90 Å². The van der Waals surface area contributed by atoms with Gasteiger partial charge in [0.2, 0.25) is 0 Å². The number of halogens is 1. The summed E-state index contributed by atoms with van der Waals surface area (Å²) in [5.41, 5.74) is 1.78. The van der Waals surface area contributed by atoms with Crippen molar-refractivity contribution in [3.8, 4) is 23.1 Å². The lowest BCUT2D eigenvalue weighted by Gasteiger charge is -2.27. The minimum absolute atomic E-state index is 0.0104. The Bertz CT molecular complexity index is 1330. The highest BCUT2D eigenvalue weighted by atomic mass is 19.1. The number of furan rings is 1. The van der Waals surface area contributed by atoms with Gasteiger partial charge in [-0.1, -0.05) is 12.1 Å². The van der Waals surface area contributed by atoms with E-state index in [0.29, 0.717) is 34.0 Å². The highest BCUT2D eigenvalue weighted by molar-refractivity contribution is 6.19. The van der Waals surface area contributed by atoms with Gasteiger partial charge in [-0.25, -0.2) is 4.39 Å². The molecular weight excluding hydrogens is 423 g/mol. The number of nitriles is 1.